The molecule has 1 aliphatic rings. The second-order valence-corrected chi connectivity index (χ2v) is 7.64. The molecule has 0 aliphatic carbocycles. The monoisotopic (exact) mass is 388 g/mol. The summed E-state index contributed by atoms with van der Waals surface area (Å²) in [6, 6.07) is 14.4. The van der Waals surface area contributed by atoms with Crippen LogP contribution < -0.4 is 9.47 Å². The highest BCUT2D eigenvalue weighted by Gasteiger charge is 2.33. The predicted molar refractivity (Wildman–Crippen MR) is 107 cm³/mol. The number of β-amino-alcohol motifs (C(OH)–C–C–N with tert-alkyl or cyclic N) is 1. The lowest BCUT2D eigenvalue weighted by atomic mass is 10.2. The van der Waals surface area contributed by atoms with Crippen molar-refractivity contribution in [2.75, 3.05) is 33.8 Å². The van der Waals surface area contributed by atoms with Crippen LogP contribution in [-0.4, -0.2) is 66.9 Å². The fourth-order valence-electron chi connectivity index (χ4n) is 3.11. The highest BCUT2D eigenvalue weighted by molar-refractivity contribution is 5.27. The smallest absolute Gasteiger partial charge is 0.138 e. The van der Waals surface area contributed by atoms with Gasteiger partial charge in [-0.1, -0.05) is 18.2 Å². The van der Waals surface area contributed by atoms with Crippen LogP contribution in [0, 0.1) is 5.82 Å². The maximum atomic E-state index is 13.3. The minimum atomic E-state index is -0.599. The Morgan fingerprint density at radius 3 is 2.57 bits per heavy atom. The fraction of sp³-hybridized carbons (Fsp3) is 0.455. The number of hydrogen-bond acceptors (Lipinski definition) is 5. The molecule has 6 heteroatoms. The highest BCUT2D eigenvalue weighted by Crippen LogP contribution is 2.22. The molecule has 0 saturated carbocycles. The van der Waals surface area contributed by atoms with Gasteiger partial charge in [-0.15, -0.1) is 0 Å². The Hall–Kier alpha value is -2.15. The zero-order chi connectivity index (χ0) is 20.1. The Balaban J connectivity index is 1.50. The molecule has 0 aromatic heterocycles. The van der Waals surface area contributed by atoms with Crippen LogP contribution in [-0.2, 0) is 6.54 Å². The van der Waals surface area contributed by atoms with Gasteiger partial charge in [0.25, 0.3) is 0 Å². The summed E-state index contributed by atoms with van der Waals surface area (Å²) in [6.45, 7) is 4.60. The number of aliphatic hydroxyl groups excluding tert-OH is 1. The summed E-state index contributed by atoms with van der Waals surface area (Å²) in [5, 5.41) is 10.3. The molecule has 0 unspecified atom stereocenters. The van der Waals surface area contributed by atoms with Crippen molar-refractivity contribution in [3.8, 4) is 11.5 Å². The van der Waals surface area contributed by atoms with Crippen molar-refractivity contribution in [2.24, 2.45) is 0 Å². The average Bonchev–Trinajstić information content (AvgIpc) is 2.99. The van der Waals surface area contributed by atoms with Gasteiger partial charge in [0.05, 0.1) is 0 Å². The van der Waals surface area contributed by atoms with Crippen LogP contribution in [0.3, 0.4) is 0 Å². The second kappa shape index (κ2) is 9.37. The standard InChI is InChI=1S/C22H29FN2O3/c1-16(24(2)3)15-27-19-9-7-17(8-10-19)12-25-13-21(26)22(14-25)28-20-6-4-5-18(23)11-20/h4-11,16,21-22,26H,12-15H2,1-3H3/t16-,21-,22-/m0/s1. The molecular weight excluding hydrogens is 359 g/mol. The Labute approximate surface area is 166 Å². The number of aliphatic hydroxyl groups is 1. The van der Waals surface area contributed by atoms with Gasteiger partial charge in [0.2, 0.25) is 0 Å². The zero-order valence-electron chi connectivity index (χ0n) is 16.7. The topological polar surface area (TPSA) is 45.2 Å². The second-order valence-electron chi connectivity index (χ2n) is 7.64. The Morgan fingerprint density at radius 2 is 1.89 bits per heavy atom. The molecule has 3 atom stereocenters. The van der Waals surface area contributed by atoms with Gasteiger partial charge >= 0.3 is 0 Å². The van der Waals surface area contributed by atoms with E-state index in [4.69, 9.17) is 9.47 Å². The molecule has 1 saturated heterocycles. The number of halogens is 1. The SMILES string of the molecule is C[C@@H](COc1ccc(CN2C[C@H](Oc3cccc(F)c3)[C@@H](O)C2)cc1)N(C)C. The molecule has 5 nitrogen and oxygen atoms in total. The first-order valence-corrected chi connectivity index (χ1v) is 9.61. The van der Waals surface area contributed by atoms with Gasteiger partial charge in [-0.05, 0) is 50.8 Å². The number of likely N-dealkylation sites (tertiary alicyclic amines) is 1. The number of rotatable bonds is 8. The van der Waals surface area contributed by atoms with Crippen LogP contribution in [0.4, 0.5) is 4.39 Å². The summed E-state index contributed by atoms with van der Waals surface area (Å²) in [5.74, 6) is 0.953. The van der Waals surface area contributed by atoms with Gasteiger partial charge in [0, 0.05) is 31.7 Å². The molecular formula is C22H29FN2O3. The van der Waals surface area contributed by atoms with Crippen molar-refractivity contribution in [3.63, 3.8) is 0 Å². The van der Waals surface area contributed by atoms with E-state index in [0.717, 1.165) is 11.3 Å². The number of ether oxygens (including phenoxy) is 2. The summed E-state index contributed by atoms with van der Waals surface area (Å²) in [6.07, 6.45) is -0.963. The molecule has 1 aliphatic heterocycles. The predicted octanol–water partition coefficient (Wildman–Crippen LogP) is 2.78. The molecule has 152 valence electrons. The van der Waals surface area contributed by atoms with Crippen LogP contribution in [0.25, 0.3) is 0 Å². The van der Waals surface area contributed by atoms with Crippen molar-refractivity contribution in [3.05, 3.63) is 59.9 Å². The molecule has 0 amide bonds. The van der Waals surface area contributed by atoms with Gasteiger partial charge in [0.15, 0.2) is 0 Å². The Bertz CT molecular complexity index is 754. The average molecular weight is 388 g/mol. The molecule has 1 heterocycles. The molecule has 0 radical (unpaired) electrons. The van der Waals surface area contributed by atoms with Crippen LogP contribution in [0.1, 0.15) is 12.5 Å². The third-order valence-corrected chi connectivity index (χ3v) is 5.10. The third kappa shape index (κ3) is 5.67. The first-order valence-electron chi connectivity index (χ1n) is 9.61. The Kier molecular flexibility index (Phi) is 6.88. The van der Waals surface area contributed by atoms with Crippen molar-refractivity contribution in [1.29, 1.82) is 0 Å². The van der Waals surface area contributed by atoms with Crippen LogP contribution in [0.5, 0.6) is 11.5 Å². The number of nitrogens with zero attached hydrogens (tertiary/aromatic N) is 2. The van der Waals surface area contributed by atoms with E-state index in [2.05, 4.69) is 16.7 Å². The summed E-state index contributed by atoms with van der Waals surface area (Å²) >= 11 is 0. The molecule has 28 heavy (non-hydrogen) atoms. The lowest BCUT2D eigenvalue weighted by molar-refractivity contribution is 0.0734. The van der Waals surface area contributed by atoms with E-state index < -0.39 is 6.10 Å². The normalized spacial score (nSPS) is 21.1. The van der Waals surface area contributed by atoms with E-state index in [1.807, 2.05) is 38.4 Å². The van der Waals surface area contributed by atoms with Crippen molar-refractivity contribution in [1.82, 2.24) is 9.80 Å². The molecule has 0 spiro atoms. The maximum absolute atomic E-state index is 13.3. The lowest BCUT2D eigenvalue weighted by Gasteiger charge is -2.20. The quantitative estimate of drug-likeness (QED) is 0.754. The highest BCUT2D eigenvalue weighted by atomic mass is 19.1. The molecule has 3 rings (SSSR count). The van der Waals surface area contributed by atoms with Gasteiger partial charge in [-0.25, -0.2) is 4.39 Å². The summed E-state index contributed by atoms with van der Waals surface area (Å²) < 4.78 is 24.9. The summed E-state index contributed by atoms with van der Waals surface area (Å²) in [4.78, 5) is 4.26. The van der Waals surface area contributed by atoms with Crippen LogP contribution in [0.15, 0.2) is 48.5 Å². The lowest BCUT2D eigenvalue weighted by Crippen LogP contribution is -2.30. The van der Waals surface area contributed by atoms with Crippen LogP contribution in [0.2, 0.25) is 0 Å². The van der Waals surface area contributed by atoms with Crippen LogP contribution >= 0.6 is 0 Å². The minimum absolute atomic E-state index is 0.343. The molecule has 2 aromatic carbocycles. The van der Waals surface area contributed by atoms with E-state index in [1.165, 1.54) is 12.1 Å². The zero-order valence-corrected chi connectivity index (χ0v) is 16.7. The van der Waals surface area contributed by atoms with E-state index >= 15 is 0 Å². The molecule has 1 fully saturated rings. The number of benzene rings is 2. The number of hydrogen-bond donors (Lipinski definition) is 1. The van der Waals surface area contributed by atoms with Gasteiger partial charge in [-0.3, -0.25) is 4.90 Å². The molecule has 2 aromatic rings. The largest absolute Gasteiger partial charge is 0.492 e. The van der Waals surface area contributed by atoms with Crippen molar-refractivity contribution in [2.45, 2.75) is 31.7 Å². The number of likely N-dealkylation sites (N-methyl/N-ethyl adjacent to an activating group) is 1. The molecule has 0 bridgehead atoms. The first kappa shape index (κ1) is 20.6. The minimum Gasteiger partial charge on any atom is -0.492 e. The van der Waals surface area contributed by atoms with E-state index in [-0.39, 0.29) is 11.9 Å². The van der Waals surface area contributed by atoms with E-state index in [9.17, 15) is 9.50 Å². The summed E-state index contributed by atoms with van der Waals surface area (Å²) in [7, 11) is 4.07. The fourth-order valence-corrected chi connectivity index (χ4v) is 3.11. The van der Waals surface area contributed by atoms with E-state index in [0.29, 0.717) is 38.0 Å². The maximum Gasteiger partial charge on any atom is 0.138 e. The van der Waals surface area contributed by atoms with Gasteiger partial charge < -0.3 is 19.5 Å². The Morgan fingerprint density at radius 1 is 1.14 bits per heavy atom. The first-order chi connectivity index (χ1) is 13.4. The van der Waals surface area contributed by atoms with Gasteiger partial charge in [0.1, 0.15) is 36.1 Å². The third-order valence-electron chi connectivity index (χ3n) is 5.10. The van der Waals surface area contributed by atoms with Crippen molar-refractivity contribution >= 4 is 0 Å². The summed E-state index contributed by atoms with van der Waals surface area (Å²) in [5.41, 5.74) is 1.15. The van der Waals surface area contributed by atoms with Gasteiger partial charge in [-0.2, -0.15) is 0 Å². The molecule has 1 N–H and O–H groups in total. The van der Waals surface area contributed by atoms with Crippen molar-refractivity contribution < 1.29 is 19.0 Å². The van der Waals surface area contributed by atoms with E-state index in [1.54, 1.807) is 12.1 Å².